The summed E-state index contributed by atoms with van der Waals surface area (Å²) >= 11 is 1.77. The number of β-amino-alcohol motifs (C(OH)–C–C–N with tert-alkyl or cyclic N) is 1. The van der Waals surface area contributed by atoms with Crippen LogP contribution >= 0.6 is 11.3 Å². The lowest BCUT2D eigenvalue weighted by Crippen LogP contribution is -2.60. The molecule has 2 saturated heterocycles. The number of oxazole rings is 1. The first-order chi connectivity index (χ1) is 33.1. The minimum absolute atomic E-state index is 0.265. The molecule has 3 fully saturated rings. The highest BCUT2D eigenvalue weighted by Gasteiger charge is 2.49. The Morgan fingerprint density at radius 3 is 2.29 bits per heavy atom. The summed E-state index contributed by atoms with van der Waals surface area (Å²) in [4.78, 5) is 16.2. The molecule has 0 unspecified atom stereocenters. The number of piperidine rings is 1. The maximum absolute atomic E-state index is 12.0. The number of phenols is 1. The number of rotatable bonds is 9. The molecule has 12 rings (SSSR count). The van der Waals surface area contributed by atoms with E-state index in [0.29, 0.717) is 29.9 Å². The summed E-state index contributed by atoms with van der Waals surface area (Å²) in [6.07, 6.45) is 12.0. The zero-order valence-corrected chi connectivity index (χ0v) is 40.3. The van der Waals surface area contributed by atoms with E-state index in [1.807, 2.05) is 19.1 Å². The number of aliphatic hydroxyl groups is 1. The molecule has 7 aromatic rings. The highest BCUT2D eigenvalue weighted by atomic mass is 32.1. The second-order valence-corrected chi connectivity index (χ2v) is 22.0. The lowest BCUT2D eigenvalue weighted by molar-refractivity contribution is -0.0649. The molecule has 2 aliphatic carbocycles. The smallest absolute Gasteiger partial charge is 0.196 e. The molecular formula is C57H61N7O3S. The van der Waals surface area contributed by atoms with Crippen molar-refractivity contribution in [3.05, 3.63) is 176 Å². The summed E-state index contributed by atoms with van der Waals surface area (Å²) < 4.78 is 7.87. The Hall–Kier alpha value is -5.88. The predicted octanol–water partition coefficient (Wildman–Crippen LogP) is 10.9. The Balaban J connectivity index is 0.664. The molecule has 68 heavy (non-hydrogen) atoms. The van der Waals surface area contributed by atoms with Gasteiger partial charge in [-0.25, -0.2) is 4.98 Å². The van der Waals surface area contributed by atoms with Crippen molar-refractivity contribution < 1.29 is 14.6 Å². The van der Waals surface area contributed by atoms with Crippen molar-refractivity contribution in [1.82, 2.24) is 24.6 Å². The SMILES string of the molecule is Cc1sc2c(c1C)C(c1ccc(N3CC4(CCC(O)(CN5CCC(c6ccc([C@@H]7c8ccc(O)cc8CC[C@@H]7c7ccccc7)cc6)CC5)CC4)C3)cc1)=N[C@@H](Cc1ncco1)c1nnc(C)n1-2. The van der Waals surface area contributed by atoms with Gasteiger partial charge in [0.05, 0.1) is 23.9 Å². The van der Waals surface area contributed by atoms with E-state index in [1.54, 1.807) is 23.8 Å². The Bertz CT molecular complexity index is 2950. The zero-order chi connectivity index (χ0) is 46.1. The minimum Gasteiger partial charge on any atom is -0.508 e. The first kappa shape index (κ1) is 43.4. The number of phenolic OH excluding ortho intramolecular Hbond substituents is 1. The fourth-order valence-corrected chi connectivity index (χ4v) is 13.8. The van der Waals surface area contributed by atoms with Crippen molar-refractivity contribution in [2.75, 3.05) is 37.6 Å². The maximum atomic E-state index is 12.0. The van der Waals surface area contributed by atoms with Gasteiger partial charge in [-0.1, -0.05) is 72.8 Å². The van der Waals surface area contributed by atoms with Crippen LogP contribution in [0.25, 0.3) is 5.00 Å². The van der Waals surface area contributed by atoms with Crippen molar-refractivity contribution in [2.45, 2.75) is 108 Å². The van der Waals surface area contributed by atoms with Crippen molar-refractivity contribution in [1.29, 1.82) is 0 Å². The molecule has 1 saturated carbocycles. The Morgan fingerprint density at radius 1 is 0.809 bits per heavy atom. The molecule has 6 heterocycles. The fraction of sp³-hybridized carbons (Fsp3) is 0.404. The zero-order valence-electron chi connectivity index (χ0n) is 39.4. The molecule has 11 heteroatoms. The van der Waals surface area contributed by atoms with Crippen molar-refractivity contribution in [3.63, 3.8) is 0 Å². The van der Waals surface area contributed by atoms with E-state index >= 15 is 0 Å². The lowest BCUT2D eigenvalue weighted by atomic mass is 9.64. The van der Waals surface area contributed by atoms with Crippen LogP contribution in [0.5, 0.6) is 5.75 Å². The molecule has 3 aromatic heterocycles. The van der Waals surface area contributed by atoms with Gasteiger partial charge in [0.15, 0.2) is 11.7 Å². The summed E-state index contributed by atoms with van der Waals surface area (Å²) in [5, 5.41) is 32.5. The molecule has 3 atom stereocenters. The first-order valence-corrected chi connectivity index (χ1v) is 25.7. The van der Waals surface area contributed by atoms with Crippen LogP contribution in [-0.4, -0.2) is 78.9 Å². The third-order valence-corrected chi connectivity index (χ3v) is 17.8. The molecule has 10 nitrogen and oxygen atoms in total. The standard InChI is InChI=1S/C57H61N7O3S/c1-36-37(2)68-55-51(36)53(59-49(32-50-58-27-30-67-50)54-61-60-38(3)64(54)55)43-13-16-45(17-14-43)63-33-56(34-63)23-25-57(66,26-24-56)35-62-28-21-40(22-29-62)39-9-11-42(12-10-39)52-47(41-7-5-4-6-8-41)19-15-44-31-46(65)18-20-48(44)52/h4-14,16-18,20,27,30-31,40,47,49,52,65-66H,15,19,21-26,28-29,32-35H2,1-3H3/t47-,49+,52+/m1/s1. The number of aromatic hydroxyl groups is 1. The first-order valence-electron chi connectivity index (χ1n) is 24.8. The van der Waals surface area contributed by atoms with Gasteiger partial charge in [-0.05, 0) is 155 Å². The maximum Gasteiger partial charge on any atom is 0.196 e. The molecule has 0 radical (unpaired) electrons. The second kappa shape index (κ2) is 17.3. The van der Waals surface area contributed by atoms with Crippen LogP contribution in [0.1, 0.15) is 136 Å². The van der Waals surface area contributed by atoms with Crippen LogP contribution in [0, 0.1) is 26.2 Å². The average molecular weight is 924 g/mol. The van der Waals surface area contributed by atoms with Gasteiger partial charge in [0.1, 0.15) is 28.9 Å². The largest absolute Gasteiger partial charge is 0.508 e. The van der Waals surface area contributed by atoms with Crippen molar-refractivity contribution in [2.24, 2.45) is 10.4 Å². The van der Waals surface area contributed by atoms with Gasteiger partial charge in [-0.15, -0.1) is 21.5 Å². The summed E-state index contributed by atoms with van der Waals surface area (Å²) in [5.41, 5.74) is 12.1. The second-order valence-electron chi connectivity index (χ2n) is 20.8. The number of aryl methyl sites for hydroxylation is 3. The number of likely N-dealkylation sites (tertiary alicyclic amines) is 1. The number of hydrogen-bond acceptors (Lipinski definition) is 10. The van der Waals surface area contributed by atoms with Gasteiger partial charge in [-0.2, -0.15) is 0 Å². The molecular weight excluding hydrogens is 863 g/mol. The number of aliphatic imine (C=N–C) groups is 1. The molecule has 5 aliphatic rings. The monoisotopic (exact) mass is 923 g/mol. The average Bonchev–Trinajstić information content (AvgIpc) is 4.06. The Kier molecular flexibility index (Phi) is 11.0. The topological polar surface area (TPSA) is 116 Å². The van der Waals surface area contributed by atoms with E-state index in [4.69, 9.17) is 9.41 Å². The van der Waals surface area contributed by atoms with Crippen LogP contribution in [0.15, 0.2) is 119 Å². The van der Waals surface area contributed by atoms with Crippen molar-refractivity contribution in [3.8, 4) is 10.8 Å². The Labute approximate surface area is 403 Å². The summed E-state index contributed by atoms with van der Waals surface area (Å²) in [6, 6.07) is 35.2. The highest BCUT2D eigenvalue weighted by molar-refractivity contribution is 7.15. The van der Waals surface area contributed by atoms with E-state index < -0.39 is 5.60 Å². The molecule has 0 bridgehead atoms. The van der Waals surface area contributed by atoms with E-state index in [2.05, 4.69) is 128 Å². The number of anilines is 1. The van der Waals surface area contributed by atoms with Crippen LogP contribution < -0.4 is 4.90 Å². The van der Waals surface area contributed by atoms with Gasteiger partial charge < -0.3 is 24.4 Å². The van der Waals surface area contributed by atoms with Crippen LogP contribution in [0.4, 0.5) is 5.69 Å². The molecule has 0 amide bonds. The molecule has 3 aliphatic heterocycles. The number of benzene rings is 4. The Morgan fingerprint density at radius 2 is 1.56 bits per heavy atom. The van der Waals surface area contributed by atoms with E-state index in [-0.39, 0.29) is 17.4 Å². The highest BCUT2D eigenvalue weighted by Crippen LogP contribution is 2.50. The number of aromatic nitrogens is 4. The van der Waals surface area contributed by atoms with Crippen LogP contribution in [0.2, 0.25) is 0 Å². The fourth-order valence-electron chi connectivity index (χ4n) is 12.6. The van der Waals surface area contributed by atoms with E-state index in [0.717, 1.165) is 118 Å². The predicted molar refractivity (Wildman–Crippen MR) is 269 cm³/mol. The minimum atomic E-state index is -0.615. The number of nitrogens with zero attached hydrogens (tertiary/aromatic N) is 7. The van der Waals surface area contributed by atoms with Gasteiger partial charge in [0, 0.05) is 52.7 Å². The van der Waals surface area contributed by atoms with Crippen LogP contribution in [-0.2, 0) is 12.8 Å². The van der Waals surface area contributed by atoms with Gasteiger partial charge in [-0.3, -0.25) is 9.56 Å². The van der Waals surface area contributed by atoms with E-state index in [9.17, 15) is 10.2 Å². The number of fused-ring (bicyclic) bond motifs is 4. The molecule has 4 aromatic carbocycles. The molecule has 348 valence electrons. The number of hydrogen-bond donors (Lipinski definition) is 2. The van der Waals surface area contributed by atoms with Crippen molar-refractivity contribution >= 4 is 22.7 Å². The lowest BCUT2D eigenvalue weighted by Gasteiger charge is -2.56. The van der Waals surface area contributed by atoms with Crippen LogP contribution in [0.3, 0.4) is 0 Å². The van der Waals surface area contributed by atoms with Gasteiger partial charge in [0.25, 0.3) is 0 Å². The third-order valence-electron chi connectivity index (χ3n) is 16.6. The normalized spacial score (nSPS) is 22.2. The van der Waals surface area contributed by atoms with Gasteiger partial charge >= 0.3 is 0 Å². The summed E-state index contributed by atoms with van der Waals surface area (Å²) in [7, 11) is 0. The quantitative estimate of drug-likeness (QED) is 0.147. The third kappa shape index (κ3) is 7.90. The van der Waals surface area contributed by atoms with Gasteiger partial charge in [0.2, 0.25) is 0 Å². The molecule has 1 spiro atoms. The summed E-state index contributed by atoms with van der Waals surface area (Å²) in [5.74, 6) is 3.86. The summed E-state index contributed by atoms with van der Waals surface area (Å²) in [6.45, 7) is 11.3. The number of thiophene rings is 1. The molecule has 2 N–H and O–H groups in total. The van der Waals surface area contributed by atoms with E-state index in [1.165, 1.54) is 43.9 Å².